The molecule has 0 aliphatic carbocycles. The summed E-state index contributed by atoms with van der Waals surface area (Å²) in [5.41, 5.74) is 0.901. The summed E-state index contributed by atoms with van der Waals surface area (Å²) >= 11 is 1.07. The molecule has 0 spiro atoms. The molecule has 1 aromatic carbocycles. The summed E-state index contributed by atoms with van der Waals surface area (Å²) in [5.74, 6) is 0. The summed E-state index contributed by atoms with van der Waals surface area (Å²) in [4.78, 5) is 4.42. The Kier molecular flexibility index (Phi) is 3.89. The van der Waals surface area contributed by atoms with Crippen molar-refractivity contribution in [1.29, 1.82) is 0 Å². The number of thiazole rings is 1. The number of rotatable bonds is 4. The van der Waals surface area contributed by atoms with Crippen LogP contribution in [-0.4, -0.2) is 37.9 Å². The molecule has 3 rings (SSSR count). The zero-order chi connectivity index (χ0) is 17.7. The number of hydrogen-bond donors (Lipinski definition) is 1. The predicted molar refractivity (Wildman–Crippen MR) is 91.5 cm³/mol. The van der Waals surface area contributed by atoms with E-state index in [0.717, 1.165) is 17.6 Å². The number of nitrogens with one attached hydrogen (secondary N) is 1. The van der Waals surface area contributed by atoms with E-state index in [4.69, 9.17) is 0 Å². The highest BCUT2D eigenvalue weighted by Crippen LogP contribution is 2.30. The van der Waals surface area contributed by atoms with E-state index in [1.54, 1.807) is 20.0 Å². The highest BCUT2D eigenvalue weighted by atomic mass is 32.2. The Morgan fingerprint density at radius 1 is 1.21 bits per heavy atom. The van der Waals surface area contributed by atoms with Crippen molar-refractivity contribution >= 4 is 46.5 Å². The third-order valence-corrected chi connectivity index (χ3v) is 6.88. The fourth-order valence-electron chi connectivity index (χ4n) is 2.19. The number of aromatic nitrogens is 3. The Bertz CT molecular complexity index is 1140. The molecule has 1 N–H and O–H groups in total. The van der Waals surface area contributed by atoms with Crippen LogP contribution in [0, 0.1) is 6.92 Å². The van der Waals surface area contributed by atoms with Crippen molar-refractivity contribution in [2.75, 3.05) is 11.0 Å². The minimum absolute atomic E-state index is 0.0704. The number of sulfone groups is 1. The molecule has 11 heteroatoms. The molecule has 0 radical (unpaired) electrons. The van der Waals surface area contributed by atoms with E-state index in [-0.39, 0.29) is 14.9 Å². The van der Waals surface area contributed by atoms with Gasteiger partial charge in [-0.15, -0.1) is 0 Å². The quantitative estimate of drug-likeness (QED) is 0.728. The minimum atomic E-state index is -3.81. The van der Waals surface area contributed by atoms with E-state index in [2.05, 4.69) is 14.8 Å². The molecule has 0 saturated carbocycles. The van der Waals surface area contributed by atoms with Gasteiger partial charge in [0.05, 0.1) is 20.8 Å². The van der Waals surface area contributed by atoms with Gasteiger partial charge < -0.3 is 0 Å². The van der Waals surface area contributed by atoms with Crippen LogP contribution < -0.4 is 4.72 Å². The monoisotopic (exact) mass is 386 g/mol. The molecule has 0 aliphatic rings. The number of benzene rings is 1. The zero-order valence-electron chi connectivity index (χ0n) is 13.0. The average molecular weight is 386 g/mol. The minimum Gasteiger partial charge on any atom is -0.274 e. The van der Waals surface area contributed by atoms with E-state index < -0.39 is 19.9 Å². The van der Waals surface area contributed by atoms with Crippen LogP contribution in [0.3, 0.4) is 0 Å². The molecule has 3 aromatic rings. The normalized spacial score (nSPS) is 12.6. The van der Waals surface area contributed by atoms with Crippen LogP contribution >= 0.6 is 11.3 Å². The second kappa shape index (κ2) is 5.53. The fourth-order valence-corrected chi connectivity index (χ4v) is 5.27. The van der Waals surface area contributed by atoms with E-state index in [1.165, 1.54) is 23.0 Å². The molecule has 24 heavy (non-hydrogen) atoms. The average Bonchev–Trinajstić information content (AvgIpc) is 2.98. The first-order valence-electron chi connectivity index (χ1n) is 6.70. The summed E-state index contributed by atoms with van der Waals surface area (Å²) in [5, 5.41) is 4.18. The number of fused-ring (bicyclic) bond motifs is 1. The summed E-state index contributed by atoms with van der Waals surface area (Å²) in [6.45, 7) is 1.60. The highest BCUT2D eigenvalue weighted by Gasteiger charge is 2.21. The van der Waals surface area contributed by atoms with Gasteiger partial charge in [-0.3, -0.25) is 9.40 Å². The second-order valence-corrected chi connectivity index (χ2v) is 9.98. The van der Waals surface area contributed by atoms with Crippen molar-refractivity contribution in [3.05, 3.63) is 30.1 Å². The molecule has 0 amide bonds. The van der Waals surface area contributed by atoms with E-state index >= 15 is 0 Å². The van der Waals surface area contributed by atoms with Gasteiger partial charge >= 0.3 is 0 Å². The third-order valence-electron chi connectivity index (χ3n) is 3.27. The van der Waals surface area contributed by atoms with Gasteiger partial charge in [0.2, 0.25) is 0 Å². The van der Waals surface area contributed by atoms with Crippen LogP contribution in [0.2, 0.25) is 0 Å². The molecule has 0 unspecified atom stereocenters. The van der Waals surface area contributed by atoms with Crippen LogP contribution in [0.25, 0.3) is 10.2 Å². The van der Waals surface area contributed by atoms with Crippen molar-refractivity contribution in [3.63, 3.8) is 0 Å². The van der Waals surface area contributed by atoms with Crippen LogP contribution in [0.5, 0.6) is 0 Å². The SMILES string of the molecule is Cc1nn(C)cc1S(=O)(=O)Nc1nc2ccc(S(C)(=O)=O)cc2s1. The van der Waals surface area contributed by atoms with Gasteiger partial charge in [-0.1, -0.05) is 11.3 Å². The van der Waals surface area contributed by atoms with Crippen molar-refractivity contribution in [3.8, 4) is 0 Å². The molecule has 2 aromatic heterocycles. The fraction of sp³-hybridized carbons (Fsp3) is 0.231. The van der Waals surface area contributed by atoms with Crippen molar-refractivity contribution in [2.24, 2.45) is 7.05 Å². The predicted octanol–water partition coefficient (Wildman–Crippen LogP) is 1.54. The lowest BCUT2D eigenvalue weighted by Crippen LogP contribution is -2.13. The van der Waals surface area contributed by atoms with E-state index in [9.17, 15) is 16.8 Å². The smallest absolute Gasteiger partial charge is 0.267 e. The van der Waals surface area contributed by atoms with Crippen LogP contribution in [0.1, 0.15) is 5.69 Å². The first-order valence-corrected chi connectivity index (χ1v) is 10.9. The van der Waals surface area contributed by atoms with Crippen molar-refractivity contribution < 1.29 is 16.8 Å². The van der Waals surface area contributed by atoms with Crippen LogP contribution in [0.4, 0.5) is 5.13 Å². The molecule has 0 atom stereocenters. The molecule has 128 valence electrons. The Balaban J connectivity index is 2.00. The maximum atomic E-state index is 12.4. The first-order chi connectivity index (χ1) is 11.1. The summed E-state index contributed by atoms with van der Waals surface area (Å²) < 4.78 is 52.5. The standard InChI is InChI=1S/C13H14N4O4S3/c1-8-12(7-17(2)15-8)24(20,21)16-13-14-10-5-4-9(23(3,18)19)6-11(10)22-13/h4-7H,1-3H3,(H,14,16). The summed E-state index contributed by atoms with van der Waals surface area (Å²) in [7, 11) is -5.51. The third kappa shape index (κ3) is 3.14. The van der Waals surface area contributed by atoms with Gasteiger partial charge in [-0.05, 0) is 25.1 Å². The van der Waals surface area contributed by atoms with Gasteiger partial charge in [0.25, 0.3) is 10.0 Å². The van der Waals surface area contributed by atoms with Crippen molar-refractivity contribution in [1.82, 2.24) is 14.8 Å². The van der Waals surface area contributed by atoms with Gasteiger partial charge in [-0.2, -0.15) is 5.10 Å². The highest BCUT2D eigenvalue weighted by molar-refractivity contribution is 7.93. The molecular formula is C13H14N4O4S3. The molecule has 0 fully saturated rings. The Labute approximate surface area is 143 Å². The summed E-state index contributed by atoms with van der Waals surface area (Å²) in [6, 6.07) is 4.48. The Morgan fingerprint density at radius 2 is 1.92 bits per heavy atom. The number of sulfonamides is 1. The van der Waals surface area contributed by atoms with E-state index in [0.29, 0.717) is 15.9 Å². The molecule has 0 aliphatic heterocycles. The zero-order valence-corrected chi connectivity index (χ0v) is 15.5. The summed E-state index contributed by atoms with van der Waals surface area (Å²) in [6.07, 6.45) is 2.52. The van der Waals surface area contributed by atoms with Gasteiger partial charge in [-0.25, -0.2) is 21.8 Å². The maximum absolute atomic E-state index is 12.4. The number of hydrogen-bond acceptors (Lipinski definition) is 7. The lowest BCUT2D eigenvalue weighted by atomic mass is 10.3. The Morgan fingerprint density at radius 3 is 2.50 bits per heavy atom. The largest absolute Gasteiger partial charge is 0.274 e. The molecule has 8 nitrogen and oxygen atoms in total. The molecule has 2 heterocycles. The number of nitrogens with zero attached hydrogens (tertiary/aromatic N) is 3. The van der Waals surface area contributed by atoms with Crippen LogP contribution in [0.15, 0.2) is 34.2 Å². The lowest BCUT2D eigenvalue weighted by Gasteiger charge is -2.02. The van der Waals surface area contributed by atoms with Gasteiger partial charge in [0.1, 0.15) is 4.90 Å². The topological polar surface area (TPSA) is 111 Å². The number of anilines is 1. The van der Waals surface area contributed by atoms with Crippen LogP contribution in [-0.2, 0) is 26.9 Å². The molecule has 0 saturated heterocycles. The van der Waals surface area contributed by atoms with Crippen molar-refractivity contribution in [2.45, 2.75) is 16.7 Å². The molecule has 0 bridgehead atoms. The first kappa shape index (κ1) is 16.9. The Hall–Kier alpha value is -1.98. The molecular weight excluding hydrogens is 372 g/mol. The van der Waals surface area contributed by atoms with E-state index in [1.807, 2.05) is 0 Å². The maximum Gasteiger partial charge on any atom is 0.267 e. The second-order valence-electron chi connectivity index (χ2n) is 5.28. The lowest BCUT2D eigenvalue weighted by molar-refractivity contribution is 0.599. The number of aryl methyl sites for hydroxylation is 2. The van der Waals surface area contributed by atoms with Gasteiger partial charge in [0.15, 0.2) is 15.0 Å². The van der Waals surface area contributed by atoms with Gasteiger partial charge in [0, 0.05) is 19.5 Å².